The highest BCUT2D eigenvalue weighted by molar-refractivity contribution is 9.10. The van der Waals surface area contributed by atoms with Gasteiger partial charge in [0, 0.05) is 16.1 Å². The Morgan fingerprint density at radius 1 is 1.25 bits per heavy atom. The van der Waals surface area contributed by atoms with E-state index >= 15 is 0 Å². The number of hydrogen-bond donors (Lipinski definition) is 0. The molecule has 0 saturated carbocycles. The van der Waals surface area contributed by atoms with Crippen molar-refractivity contribution in [2.45, 2.75) is 20.5 Å². The first-order valence-electron chi connectivity index (χ1n) is 6.11. The van der Waals surface area contributed by atoms with Crippen molar-refractivity contribution in [2.24, 2.45) is 0 Å². The molecule has 0 N–H and O–H groups in total. The maximum atomic E-state index is 10.9. The molecule has 0 aliphatic carbocycles. The van der Waals surface area contributed by atoms with Crippen molar-refractivity contribution in [3.63, 3.8) is 0 Å². The van der Waals surface area contributed by atoms with Gasteiger partial charge in [0.25, 0.3) is 5.69 Å². The maximum absolute atomic E-state index is 10.9. The van der Waals surface area contributed by atoms with E-state index in [1.807, 2.05) is 31.2 Å². The van der Waals surface area contributed by atoms with Crippen LogP contribution in [0.2, 0.25) is 0 Å². The highest BCUT2D eigenvalue weighted by atomic mass is 79.9. The molecule has 0 radical (unpaired) electrons. The first-order valence-corrected chi connectivity index (χ1v) is 6.90. The van der Waals surface area contributed by atoms with Gasteiger partial charge in [-0.15, -0.1) is 0 Å². The Bertz CT molecular complexity index is 656. The van der Waals surface area contributed by atoms with Gasteiger partial charge in [0.1, 0.15) is 12.4 Å². The van der Waals surface area contributed by atoms with Crippen molar-refractivity contribution in [2.75, 3.05) is 0 Å². The summed E-state index contributed by atoms with van der Waals surface area (Å²) >= 11 is 3.40. The summed E-state index contributed by atoms with van der Waals surface area (Å²) in [6.07, 6.45) is 0. The second kappa shape index (κ2) is 6.05. The van der Waals surface area contributed by atoms with Crippen molar-refractivity contribution >= 4 is 21.6 Å². The highest BCUT2D eigenvalue weighted by Gasteiger charge is 2.13. The molecule has 0 atom stereocenters. The number of nitro benzene ring substituents is 1. The van der Waals surface area contributed by atoms with E-state index in [1.54, 1.807) is 13.0 Å². The molecule has 104 valence electrons. The molecular formula is C15H14BrNO3. The molecule has 0 unspecified atom stereocenters. The molecule has 0 saturated heterocycles. The molecule has 0 fully saturated rings. The van der Waals surface area contributed by atoms with Gasteiger partial charge in [-0.05, 0) is 43.2 Å². The van der Waals surface area contributed by atoms with E-state index in [9.17, 15) is 10.1 Å². The molecule has 0 bridgehead atoms. The van der Waals surface area contributed by atoms with E-state index in [4.69, 9.17) is 4.74 Å². The summed E-state index contributed by atoms with van der Waals surface area (Å²) in [7, 11) is 0. The average molecular weight is 336 g/mol. The third-order valence-electron chi connectivity index (χ3n) is 3.13. The Morgan fingerprint density at radius 3 is 2.65 bits per heavy atom. The molecule has 4 nitrogen and oxygen atoms in total. The van der Waals surface area contributed by atoms with Gasteiger partial charge in [-0.1, -0.05) is 28.1 Å². The van der Waals surface area contributed by atoms with Crippen molar-refractivity contribution in [3.05, 3.63) is 67.7 Å². The topological polar surface area (TPSA) is 52.4 Å². The van der Waals surface area contributed by atoms with Crippen molar-refractivity contribution in [1.29, 1.82) is 0 Å². The summed E-state index contributed by atoms with van der Waals surface area (Å²) in [6.45, 7) is 4.02. The zero-order chi connectivity index (χ0) is 14.7. The first-order chi connectivity index (χ1) is 9.49. The Labute approximate surface area is 125 Å². The molecule has 0 spiro atoms. The van der Waals surface area contributed by atoms with E-state index in [0.717, 1.165) is 21.3 Å². The van der Waals surface area contributed by atoms with Crippen molar-refractivity contribution < 1.29 is 9.66 Å². The Morgan fingerprint density at radius 2 is 2.00 bits per heavy atom. The molecule has 5 heteroatoms. The summed E-state index contributed by atoms with van der Waals surface area (Å²) < 4.78 is 6.74. The lowest BCUT2D eigenvalue weighted by Gasteiger charge is -2.11. The number of hydrogen-bond acceptors (Lipinski definition) is 3. The summed E-state index contributed by atoms with van der Waals surface area (Å²) in [4.78, 5) is 10.5. The third-order valence-corrected chi connectivity index (χ3v) is 3.63. The van der Waals surface area contributed by atoms with Crippen LogP contribution in [0, 0.1) is 24.0 Å². The highest BCUT2D eigenvalue weighted by Crippen LogP contribution is 2.25. The van der Waals surface area contributed by atoms with Crippen LogP contribution in [-0.2, 0) is 6.61 Å². The standard InChI is InChI=1S/C15H14BrNO3/c1-10-8-13(16)6-7-15(10)20-9-12-4-3-5-14(11(12)2)17(18)19/h3-8H,9H2,1-2H3. The summed E-state index contributed by atoms with van der Waals surface area (Å²) in [5.74, 6) is 0.777. The lowest BCUT2D eigenvalue weighted by Crippen LogP contribution is -2.01. The number of nitro groups is 1. The van der Waals surface area contributed by atoms with E-state index in [2.05, 4.69) is 15.9 Å². The summed E-state index contributed by atoms with van der Waals surface area (Å²) in [6, 6.07) is 10.8. The van der Waals surface area contributed by atoms with Crippen LogP contribution in [0.15, 0.2) is 40.9 Å². The molecule has 2 aromatic carbocycles. The molecule has 20 heavy (non-hydrogen) atoms. The Balaban J connectivity index is 2.19. The largest absolute Gasteiger partial charge is 0.489 e. The normalized spacial score (nSPS) is 10.3. The zero-order valence-electron chi connectivity index (χ0n) is 11.2. The predicted octanol–water partition coefficient (Wildman–Crippen LogP) is 4.55. The minimum atomic E-state index is -0.371. The van der Waals surface area contributed by atoms with E-state index in [0.29, 0.717) is 12.2 Å². The van der Waals surface area contributed by atoms with Gasteiger partial charge in [0.2, 0.25) is 0 Å². The second-order valence-electron chi connectivity index (χ2n) is 4.52. The van der Waals surface area contributed by atoms with Crippen LogP contribution >= 0.6 is 15.9 Å². The van der Waals surface area contributed by atoms with Gasteiger partial charge in [0.05, 0.1) is 4.92 Å². The number of aryl methyl sites for hydroxylation is 1. The quantitative estimate of drug-likeness (QED) is 0.608. The second-order valence-corrected chi connectivity index (χ2v) is 5.43. The SMILES string of the molecule is Cc1cc(Br)ccc1OCc1cccc([N+](=O)[O-])c1C. The van der Waals surface area contributed by atoms with Crippen molar-refractivity contribution in [3.8, 4) is 5.75 Å². The van der Waals surface area contributed by atoms with Gasteiger partial charge in [-0.25, -0.2) is 0 Å². The van der Waals surface area contributed by atoms with Crippen LogP contribution in [0.3, 0.4) is 0 Å². The first kappa shape index (κ1) is 14.5. The lowest BCUT2D eigenvalue weighted by atomic mass is 10.1. The monoisotopic (exact) mass is 335 g/mol. The number of rotatable bonds is 4. The smallest absolute Gasteiger partial charge is 0.272 e. The molecule has 0 aliphatic heterocycles. The van der Waals surface area contributed by atoms with Gasteiger partial charge in [0.15, 0.2) is 0 Å². The van der Waals surface area contributed by atoms with E-state index in [-0.39, 0.29) is 10.6 Å². The predicted molar refractivity (Wildman–Crippen MR) is 81.0 cm³/mol. The van der Waals surface area contributed by atoms with E-state index in [1.165, 1.54) is 6.07 Å². The van der Waals surface area contributed by atoms with Crippen LogP contribution in [0.1, 0.15) is 16.7 Å². The molecule has 2 aromatic rings. The fraction of sp³-hybridized carbons (Fsp3) is 0.200. The van der Waals surface area contributed by atoms with Crippen LogP contribution in [0.4, 0.5) is 5.69 Å². The van der Waals surface area contributed by atoms with Gasteiger partial charge in [-0.2, -0.15) is 0 Å². The third kappa shape index (κ3) is 3.17. The molecule has 0 aliphatic rings. The van der Waals surface area contributed by atoms with Crippen LogP contribution in [-0.4, -0.2) is 4.92 Å². The minimum absolute atomic E-state index is 0.124. The summed E-state index contributed by atoms with van der Waals surface area (Å²) in [5.41, 5.74) is 2.61. The van der Waals surface area contributed by atoms with Gasteiger partial charge >= 0.3 is 0 Å². The molecular weight excluding hydrogens is 322 g/mol. The number of nitrogens with zero attached hydrogens (tertiary/aromatic N) is 1. The van der Waals surface area contributed by atoms with Gasteiger partial charge < -0.3 is 4.74 Å². The van der Waals surface area contributed by atoms with E-state index < -0.39 is 0 Å². The molecule has 0 aromatic heterocycles. The Kier molecular flexibility index (Phi) is 4.39. The molecule has 2 rings (SSSR count). The van der Waals surface area contributed by atoms with Crippen LogP contribution in [0.5, 0.6) is 5.75 Å². The molecule has 0 heterocycles. The maximum Gasteiger partial charge on any atom is 0.272 e. The number of benzene rings is 2. The van der Waals surface area contributed by atoms with Crippen LogP contribution in [0.25, 0.3) is 0 Å². The fourth-order valence-corrected chi connectivity index (χ4v) is 2.43. The zero-order valence-corrected chi connectivity index (χ0v) is 12.8. The average Bonchev–Trinajstić information content (AvgIpc) is 2.39. The van der Waals surface area contributed by atoms with Gasteiger partial charge in [-0.3, -0.25) is 10.1 Å². The lowest BCUT2D eigenvalue weighted by molar-refractivity contribution is -0.385. The van der Waals surface area contributed by atoms with Crippen molar-refractivity contribution in [1.82, 2.24) is 0 Å². The van der Waals surface area contributed by atoms with Crippen LogP contribution < -0.4 is 4.74 Å². The summed E-state index contributed by atoms with van der Waals surface area (Å²) in [5, 5.41) is 10.9. The fourth-order valence-electron chi connectivity index (χ4n) is 1.95. The Hall–Kier alpha value is -1.88. The number of ether oxygens (including phenoxy) is 1. The number of halogens is 1. The minimum Gasteiger partial charge on any atom is -0.489 e. The molecule has 0 amide bonds.